The lowest BCUT2D eigenvalue weighted by Gasteiger charge is -2.34. The van der Waals surface area contributed by atoms with Crippen LogP contribution in [0.3, 0.4) is 0 Å². The number of aliphatic hydroxyl groups excluding tert-OH is 2. The number of nitrogens with one attached hydrogen (secondary N) is 1. The minimum Gasteiger partial charge on any atom is -0.396 e. The molecule has 0 aromatic carbocycles. The second kappa shape index (κ2) is 11.8. The predicted octanol–water partition coefficient (Wildman–Crippen LogP) is 3.01. The molecule has 2 rings (SSSR count). The third kappa shape index (κ3) is 6.58. The van der Waals surface area contributed by atoms with Crippen molar-refractivity contribution in [1.82, 2.24) is 10.2 Å². The molecule has 1 aliphatic heterocycles. The van der Waals surface area contributed by atoms with Gasteiger partial charge in [0.25, 0.3) is 0 Å². The Hall–Kier alpha value is -0.910. The molecule has 4 unspecified atom stereocenters. The maximum Gasteiger partial charge on any atom is 0.242 e. The first kappa shape index (κ1) is 22.4. The van der Waals surface area contributed by atoms with Crippen molar-refractivity contribution in [2.75, 3.05) is 19.7 Å². The molecule has 0 spiro atoms. The topological polar surface area (TPSA) is 72.8 Å². The minimum atomic E-state index is -0.573. The maximum absolute atomic E-state index is 13.2. The number of allylic oxidation sites excluding steroid dienone is 2. The fourth-order valence-electron chi connectivity index (χ4n) is 4.65. The van der Waals surface area contributed by atoms with Gasteiger partial charge in [-0.15, -0.1) is 0 Å². The van der Waals surface area contributed by atoms with Crippen molar-refractivity contribution in [3.63, 3.8) is 0 Å². The maximum atomic E-state index is 13.2. The van der Waals surface area contributed by atoms with Gasteiger partial charge in [0.05, 0.1) is 6.10 Å². The molecule has 1 amide bonds. The Labute approximate surface area is 165 Å². The molecule has 2 fully saturated rings. The average Bonchev–Trinajstić information content (AvgIpc) is 3.14. The lowest BCUT2D eigenvalue weighted by Crippen LogP contribution is -2.52. The molecule has 0 radical (unpaired) electrons. The number of amides is 1. The van der Waals surface area contributed by atoms with Gasteiger partial charge in [-0.25, -0.2) is 0 Å². The highest BCUT2D eigenvalue weighted by atomic mass is 16.3. The third-order valence-electron chi connectivity index (χ3n) is 6.52. The molecule has 1 aliphatic carbocycles. The average molecular weight is 381 g/mol. The van der Waals surface area contributed by atoms with Crippen molar-refractivity contribution in [3.05, 3.63) is 11.6 Å². The van der Waals surface area contributed by atoms with E-state index in [2.05, 4.69) is 25.2 Å². The molecule has 0 aromatic rings. The Bertz CT molecular complexity index is 480. The van der Waals surface area contributed by atoms with E-state index in [4.69, 9.17) is 5.11 Å². The second-order valence-corrected chi connectivity index (χ2v) is 8.35. The summed E-state index contributed by atoms with van der Waals surface area (Å²) < 4.78 is 0. The largest absolute Gasteiger partial charge is 0.396 e. The van der Waals surface area contributed by atoms with Crippen LogP contribution in [0, 0.1) is 5.92 Å². The van der Waals surface area contributed by atoms with Gasteiger partial charge in [-0.05, 0) is 71.3 Å². The fraction of sp³-hybridized carbons (Fsp3) is 0.864. The van der Waals surface area contributed by atoms with Crippen LogP contribution >= 0.6 is 0 Å². The molecule has 1 saturated carbocycles. The summed E-state index contributed by atoms with van der Waals surface area (Å²) in [6.45, 7) is 5.94. The molecule has 0 aromatic heterocycles. The molecule has 1 saturated heterocycles. The van der Waals surface area contributed by atoms with Crippen molar-refractivity contribution >= 4 is 5.91 Å². The van der Waals surface area contributed by atoms with E-state index in [1.807, 2.05) is 4.90 Å². The van der Waals surface area contributed by atoms with Gasteiger partial charge in [0.1, 0.15) is 6.04 Å². The van der Waals surface area contributed by atoms with E-state index in [-0.39, 0.29) is 18.6 Å². The highest BCUT2D eigenvalue weighted by Crippen LogP contribution is 2.29. The van der Waals surface area contributed by atoms with E-state index >= 15 is 0 Å². The summed E-state index contributed by atoms with van der Waals surface area (Å²) in [4.78, 5) is 15.2. The van der Waals surface area contributed by atoms with Gasteiger partial charge in [0, 0.05) is 19.2 Å². The number of hydrogen-bond acceptors (Lipinski definition) is 4. The van der Waals surface area contributed by atoms with E-state index in [9.17, 15) is 9.90 Å². The number of hydrogen-bond donors (Lipinski definition) is 3. The molecule has 3 N–H and O–H groups in total. The van der Waals surface area contributed by atoms with E-state index < -0.39 is 12.1 Å². The number of nitrogens with zero attached hydrogens (tertiary/aromatic N) is 1. The van der Waals surface area contributed by atoms with Crippen LogP contribution in [0.1, 0.15) is 78.1 Å². The fourth-order valence-corrected chi connectivity index (χ4v) is 4.65. The summed E-state index contributed by atoms with van der Waals surface area (Å²) in [6.07, 6.45) is 11.9. The van der Waals surface area contributed by atoms with Crippen LogP contribution < -0.4 is 5.32 Å². The highest BCUT2D eigenvalue weighted by molar-refractivity contribution is 5.83. The van der Waals surface area contributed by atoms with Gasteiger partial charge in [-0.3, -0.25) is 4.79 Å². The predicted molar refractivity (Wildman–Crippen MR) is 109 cm³/mol. The van der Waals surface area contributed by atoms with Crippen LogP contribution in [0.25, 0.3) is 0 Å². The van der Waals surface area contributed by atoms with Crippen LogP contribution in [0.5, 0.6) is 0 Å². The SMILES string of the molecule is CC=C(C)C1CCCCC(N(CCCCO)C(=O)C2NCCC2O)CCC1. The summed E-state index contributed by atoms with van der Waals surface area (Å²) in [5.41, 5.74) is 1.50. The van der Waals surface area contributed by atoms with Crippen LogP contribution in [0.4, 0.5) is 0 Å². The van der Waals surface area contributed by atoms with Crippen molar-refractivity contribution < 1.29 is 15.0 Å². The van der Waals surface area contributed by atoms with Crippen LogP contribution in [0.2, 0.25) is 0 Å². The van der Waals surface area contributed by atoms with Crippen molar-refractivity contribution in [3.8, 4) is 0 Å². The number of unbranched alkanes of at least 4 members (excludes halogenated alkanes) is 1. The first-order chi connectivity index (χ1) is 13.1. The van der Waals surface area contributed by atoms with Crippen molar-refractivity contribution in [2.24, 2.45) is 5.92 Å². The number of rotatable bonds is 7. The van der Waals surface area contributed by atoms with Crippen molar-refractivity contribution in [2.45, 2.75) is 96.2 Å². The van der Waals surface area contributed by atoms with Gasteiger partial charge in [0.2, 0.25) is 5.91 Å². The lowest BCUT2D eigenvalue weighted by molar-refractivity contribution is -0.138. The summed E-state index contributed by atoms with van der Waals surface area (Å²) in [7, 11) is 0. The number of aliphatic hydroxyl groups is 2. The Morgan fingerprint density at radius 3 is 2.48 bits per heavy atom. The molecule has 5 nitrogen and oxygen atoms in total. The molecule has 0 bridgehead atoms. The quantitative estimate of drug-likeness (QED) is 0.469. The zero-order chi connectivity index (χ0) is 19.6. The summed E-state index contributed by atoms with van der Waals surface area (Å²) in [6, 6.07) is -0.194. The molecule has 2 aliphatic rings. The van der Waals surface area contributed by atoms with Crippen LogP contribution in [-0.4, -0.2) is 58.9 Å². The Kier molecular flexibility index (Phi) is 9.80. The first-order valence-corrected chi connectivity index (χ1v) is 11.0. The van der Waals surface area contributed by atoms with Crippen molar-refractivity contribution in [1.29, 1.82) is 0 Å². The Morgan fingerprint density at radius 1 is 1.11 bits per heavy atom. The first-order valence-electron chi connectivity index (χ1n) is 11.0. The number of carbonyl (C=O) groups is 1. The molecular weight excluding hydrogens is 340 g/mol. The molecule has 156 valence electrons. The zero-order valence-electron chi connectivity index (χ0n) is 17.3. The second-order valence-electron chi connectivity index (χ2n) is 8.35. The van der Waals surface area contributed by atoms with Gasteiger partial charge in [0.15, 0.2) is 0 Å². The minimum absolute atomic E-state index is 0.0587. The van der Waals surface area contributed by atoms with E-state index in [0.717, 1.165) is 38.5 Å². The summed E-state index contributed by atoms with van der Waals surface area (Å²) in [5.74, 6) is 0.744. The summed E-state index contributed by atoms with van der Waals surface area (Å²) >= 11 is 0. The monoisotopic (exact) mass is 380 g/mol. The van der Waals surface area contributed by atoms with E-state index in [1.54, 1.807) is 0 Å². The molecule has 27 heavy (non-hydrogen) atoms. The van der Waals surface area contributed by atoms with Crippen LogP contribution in [-0.2, 0) is 4.79 Å². The normalized spacial score (nSPS) is 30.4. The van der Waals surface area contributed by atoms with Gasteiger partial charge < -0.3 is 20.4 Å². The number of carbonyl (C=O) groups excluding carboxylic acids is 1. The Morgan fingerprint density at radius 2 is 1.81 bits per heavy atom. The lowest BCUT2D eigenvalue weighted by atomic mass is 9.90. The molecule has 5 heteroatoms. The van der Waals surface area contributed by atoms with Crippen LogP contribution in [0.15, 0.2) is 11.6 Å². The van der Waals surface area contributed by atoms with E-state index in [1.165, 1.54) is 24.8 Å². The van der Waals surface area contributed by atoms with Gasteiger partial charge in [-0.1, -0.05) is 30.9 Å². The zero-order valence-corrected chi connectivity index (χ0v) is 17.3. The summed E-state index contributed by atoms with van der Waals surface area (Å²) in [5, 5.41) is 22.5. The third-order valence-corrected chi connectivity index (χ3v) is 6.52. The van der Waals surface area contributed by atoms with Gasteiger partial charge >= 0.3 is 0 Å². The Balaban J connectivity index is 2.04. The molecule has 4 atom stereocenters. The standard InChI is InChI=1S/C22H40N2O3/c1-3-17(2)18-9-4-5-11-19(12-8-10-18)24(15-6-7-16-25)22(27)21-20(26)13-14-23-21/h3,18-21,23,25-26H,4-16H2,1-2H3. The molecule has 1 heterocycles. The molecular formula is C22H40N2O3. The van der Waals surface area contributed by atoms with Gasteiger partial charge in [-0.2, -0.15) is 0 Å². The van der Waals surface area contributed by atoms with E-state index in [0.29, 0.717) is 25.4 Å². The smallest absolute Gasteiger partial charge is 0.242 e. The highest BCUT2D eigenvalue weighted by Gasteiger charge is 2.36.